The van der Waals surface area contributed by atoms with E-state index in [9.17, 15) is 13.2 Å². The Hall–Kier alpha value is -3.34. The topological polar surface area (TPSA) is 110 Å². The van der Waals surface area contributed by atoms with Crippen LogP contribution in [0.4, 0.5) is 0 Å². The van der Waals surface area contributed by atoms with Gasteiger partial charge < -0.3 is 9.30 Å². The zero-order valence-electron chi connectivity index (χ0n) is 19.7. The Bertz CT molecular complexity index is 1650. The summed E-state index contributed by atoms with van der Waals surface area (Å²) in [6, 6.07) is 11.4. The number of ether oxygens (including phenoxy) is 1. The monoisotopic (exact) mass is 493 g/mol. The van der Waals surface area contributed by atoms with Crippen LogP contribution >= 0.6 is 0 Å². The van der Waals surface area contributed by atoms with Gasteiger partial charge in [0.15, 0.2) is 0 Å². The highest BCUT2D eigenvalue weighted by atomic mass is 32.2. The van der Waals surface area contributed by atoms with Crippen LogP contribution in [-0.2, 0) is 21.1 Å². The van der Waals surface area contributed by atoms with Crippen LogP contribution in [-0.4, -0.2) is 60.1 Å². The molecule has 0 aliphatic carbocycles. The Morgan fingerprint density at radius 1 is 1.03 bits per heavy atom. The number of rotatable bonds is 5. The molecule has 182 valence electrons. The molecule has 1 fully saturated rings. The number of fused-ring (bicyclic) bond motifs is 2. The molecule has 0 unspecified atom stereocenters. The van der Waals surface area contributed by atoms with Crippen molar-refractivity contribution >= 4 is 26.5 Å². The second kappa shape index (κ2) is 9.03. The van der Waals surface area contributed by atoms with Crippen LogP contribution < -0.4 is 11.0 Å². The first kappa shape index (κ1) is 23.4. The van der Waals surface area contributed by atoms with Crippen LogP contribution in [0.5, 0.6) is 0 Å². The third kappa shape index (κ3) is 4.18. The minimum Gasteiger partial charge on any atom is -0.379 e. The lowest BCUT2D eigenvalue weighted by molar-refractivity contribution is 0.0363. The minimum atomic E-state index is -4.04. The van der Waals surface area contributed by atoms with Crippen LogP contribution in [0.15, 0.2) is 63.2 Å². The Balaban J connectivity index is 1.76. The van der Waals surface area contributed by atoms with E-state index in [-0.39, 0.29) is 26.2 Å². The summed E-state index contributed by atoms with van der Waals surface area (Å²) in [5.74, 6) is 0. The second-order valence-electron chi connectivity index (χ2n) is 8.82. The zero-order chi connectivity index (χ0) is 24.7. The van der Waals surface area contributed by atoms with Crippen LogP contribution in [0, 0.1) is 19.3 Å². The summed E-state index contributed by atoms with van der Waals surface area (Å²) in [4.78, 5) is 20.3. The number of aryl methyl sites for hydroxylation is 2. The Morgan fingerprint density at radius 3 is 2.46 bits per heavy atom. The summed E-state index contributed by atoms with van der Waals surface area (Å²) in [6.45, 7) is 7.41. The summed E-state index contributed by atoms with van der Waals surface area (Å²) >= 11 is 0. The van der Waals surface area contributed by atoms with Gasteiger partial charge in [-0.2, -0.15) is 0 Å². The van der Waals surface area contributed by atoms with E-state index in [0.29, 0.717) is 37.6 Å². The molecule has 4 aromatic rings. The molecule has 4 heterocycles. The normalized spacial score (nSPS) is 15.1. The minimum absolute atomic E-state index is 0.0837. The van der Waals surface area contributed by atoms with Crippen molar-refractivity contribution in [3.63, 3.8) is 0 Å². The number of nitrogens with zero attached hydrogens (tertiary/aromatic N) is 4. The van der Waals surface area contributed by atoms with E-state index in [4.69, 9.17) is 15.1 Å². The molecule has 0 spiro atoms. The molecule has 1 saturated heterocycles. The summed E-state index contributed by atoms with van der Waals surface area (Å²) in [6.07, 6.45) is 1.62. The number of benzene rings is 1. The maximum Gasteiger partial charge on any atom is 0.267 e. The van der Waals surface area contributed by atoms with Crippen molar-refractivity contribution in [2.75, 3.05) is 32.8 Å². The van der Waals surface area contributed by atoms with Crippen LogP contribution in [0.3, 0.4) is 0 Å². The van der Waals surface area contributed by atoms with Crippen molar-refractivity contribution in [1.82, 2.24) is 18.9 Å². The van der Waals surface area contributed by atoms with E-state index in [1.54, 1.807) is 29.0 Å². The van der Waals surface area contributed by atoms with Crippen molar-refractivity contribution in [2.24, 2.45) is 0 Å². The van der Waals surface area contributed by atoms with Crippen LogP contribution in [0.25, 0.3) is 16.7 Å². The second-order valence-corrected chi connectivity index (χ2v) is 10.7. The van der Waals surface area contributed by atoms with E-state index in [1.807, 2.05) is 19.9 Å². The highest BCUT2D eigenvalue weighted by molar-refractivity contribution is 7.91. The summed E-state index contributed by atoms with van der Waals surface area (Å²) in [7, 11) is -4.04. The molecule has 10 heteroatoms. The SMILES string of the molecule is Cc1ccc(S(=O)(=O)c2cc3c(=O)n4cccc(C)c4nc3n(CCN3CCOCC3)c2=N)cc1. The molecule has 1 aromatic carbocycles. The standard InChI is InChI=1S/C25H27N5O4S/c1-17-5-7-19(8-6-17)35(32,33)21-16-20-24(27-23-18(2)4-3-9-30(23)25(20)31)29(22(21)26)11-10-28-12-14-34-15-13-28/h3-9,16,26H,10-15H2,1-2H3. The quantitative estimate of drug-likeness (QED) is 0.426. The van der Waals surface area contributed by atoms with Gasteiger partial charge >= 0.3 is 0 Å². The van der Waals surface area contributed by atoms with E-state index in [0.717, 1.165) is 24.2 Å². The first-order valence-electron chi connectivity index (χ1n) is 11.5. The predicted octanol–water partition coefficient (Wildman–Crippen LogP) is 1.91. The Kier molecular flexibility index (Phi) is 6.04. The fourth-order valence-corrected chi connectivity index (χ4v) is 5.79. The molecule has 0 atom stereocenters. The maximum absolute atomic E-state index is 13.6. The van der Waals surface area contributed by atoms with Gasteiger partial charge in [-0.05, 0) is 43.7 Å². The van der Waals surface area contributed by atoms with E-state index < -0.39 is 9.84 Å². The molecule has 0 radical (unpaired) electrons. The number of aromatic nitrogens is 3. The fraction of sp³-hybridized carbons (Fsp3) is 0.320. The van der Waals surface area contributed by atoms with Crippen LogP contribution in [0.1, 0.15) is 11.1 Å². The molecule has 0 amide bonds. The van der Waals surface area contributed by atoms with Crippen molar-refractivity contribution in [1.29, 1.82) is 5.41 Å². The van der Waals surface area contributed by atoms with E-state index in [2.05, 4.69) is 4.90 Å². The Morgan fingerprint density at radius 2 is 1.74 bits per heavy atom. The summed E-state index contributed by atoms with van der Waals surface area (Å²) < 4.78 is 35.6. The van der Waals surface area contributed by atoms with Crippen molar-refractivity contribution in [3.8, 4) is 0 Å². The summed E-state index contributed by atoms with van der Waals surface area (Å²) in [5.41, 5.74) is 1.99. The molecule has 3 aromatic heterocycles. The average Bonchev–Trinajstić information content (AvgIpc) is 2.85. The first-order chi connectivity index (χ1) is 16.8. The third-order valence-corrected chi connectivity index (χ3v) is 8.25. The number of sulfone groups is 1. The molecular weight excluding hydrogens is 466 g/mol. The molecular formula is C25H27N5O4S. The zero-order valence-corrected chi connectivity index (χ0v) is 20.5. The van der Waals surface area contributed by atoms with Gasteiger partial charge in [-0.25, -0.2) is 13.4 Å². The first-order valence-corrected chi connectivity index (χ1v) is 13.0. The molecule has 1 aliphatic rings. The number of nitrogens with one attached hydrogen (secondary N) is 1. The van der Waals surface area contributed by atoms with E-state index in [1.165, 1.54) is 22.6 Å². The summed E-state index contributed by atoms with van der Waals surface area (Å²) in [5, 5.41) is 9.08. The van der Waals surface area contributed by atoms with Crippen molar-refractivity contribution < 1.29 is 13.2 Å². The highest BCUT2D eigenvalue weighted by Crippen LogP contribution is 2.21. The lowest BCUT2D eigenvalue weighted by atomic mass is 10.2. The maximum atomic E-state index is 13.6. The van der Waals surface area contributed by atoms with Gasteiger partial charge in [-0.3, -0.25) is 19.5 Å². The number of pyridine rings is 2. The number of morpholine rings is 1. The smallest absolute Gasteiger partial charge is 0.267 e. The molecule has 0 saturated carbocycles. The molecule has 5 rings (SSSR count). The van der Waals surface area contributed by atoms with Gasteiger partial charge in [0.1, 0.15) is 21.7 Å². The van der Waals surface area contributed by atoms with Gasteiger partial charge in [0.2, 0.25) is 9.84 Å². The van der Waals surface area contributed by atoms with Gasteiger partial charge in [-0.1, -0.05) is 23.8 Å². The largest absolute Gasteiger partial charge is 0.379 e. The number of hydrogen-bond acceptors (Lipinski definition) is 7. The molecule has 35 heavy (non-hydrogen) atoms. The number of hydrogen-bond donors (Lipinski definition) is 1. The average molecular weight is 494 g/mol. The van der Waals surface area contributed by atoms with Crippen molar-refractivity contribution in [3.05, 3.63) is 75.6 Å². The highest BCUT2D eigenvalue weighted by Gasteiger charge is 2.24. The van der Waals surface area contributed by atoms with Crippen molar-refractivity contribution in [2.45, 2.75) is 30.2 Å². The predicted molar refractivity (Wildman–Crippen MR) is 131 cm³/mol. The third-order valence-electron chi connectivity index (χ3n) is 6.46. The molecule has 9 nitrogen and oxygen atoms in total. The lowest BCUT2D eigenvalue weighted by Crippen LogP contribution is -2.40. The van der Waals surface area contributed by atoms with Crippen LogP contribution in [0.2, 0.25) is 0 Å². The Labute approximate surface area is 202 Å². The molecule has 1 N–H and O–H groups in total. The van der Waals surface area contributed by atoms with Gasteiger partial charge in [0.25, 0.3) is 5.56 Å². The van der Waals surface area contributed by atoms with Gasteiger partial charge in [0.05, 0.1) is 23.5 Å². The van der Waals surface area contributed by atoms with Gasteiger partial charge in [0, 0.05) is 32.4 Å². The van der Waals surface area contributed by atoms with E-state index >= 15 is 0 Å². The van der Waals surface area contributed by atoms with Gasteiger partial charge in [-0.15, -0.1) is 0 Å². The lowest BCUT2D eigenvalue weighted by Gasteiger charge is -2.27. The molecule has 0 bridgehead atoms. The fourth-order valence-electron chi connectivity index (χ4n) is 4.40. The molecule has 1 aliphatic heterocycles.